The van der Waals surface area contributed by atoms with Gasteiger partial charge in [0.15, 0.2) is 0 Å². The molecule has 0 aliphatic carbocycles. The van der Waals surface area contributed by atoms with Crippen molar-refractivity contribution in [1.82, 2.24) is 14.7 Å². The largest absolute Gasteiger partial charge is 0.330 e. The van der Waals surface area contributed by atoms with Crippen molar-refractivity contribution in [1.29, 1.82) is 0 Å². The normalized spacial score (nSPS) is 21.0. The minimum absolute atomic E-state index is 0.819. The van der Waals surface area contributed by atoms with E-state index >= 15 is 0 Å². The smallest absolute Gasteiger partial charge is 0.0110 e. The highest BCUT2D eigenvalue weighted by Gasteiger charge is 2.15. The first-order valence-corrected chi connectivity index (χ1v) is 9.87. The minimum Gasteiger partial charge on any atom is -0.330 e. The van der Waals surface area contributed by atoms with Crippen LogP contribution in [0.4, 0.5) is 0 Å². The van der Waals surface area contributed by atoms with Crippen LogP contribution in [0.2, 0.25) is 0 Å². The van der Waals surface area contributed by atoms with E-state index in [1.807, 2.05) is 0 Å². The third-order valence-electron chi connectivity index (χ3n) is 4.87. The molecule has 23 heavy (non-hydrogen) atoms. The molecule has 0 aromatic carbocycles. The molecule has 2 saturated heterocycles. The van der Waals surface area contributed by atoms with Crippen LogP contribution in [0.3, 0.4) is 0 Å². The Bertz CT molecular complexity index is 229. The number of nitrogens with zero attached hydrogens (tertiary/aromatic N) is 3. The van der Waals surface area contributed by atoms with Gasteiger partial charge in [0.05, 0.1) is 0 Å². The highest BCUT2D eigenvalue weighted by molar-refractivity contribution is 4.71. The monoisotopic (exact) mass is 327 g/mol. The molecular weight excluding hydrogens is 286 g/mol. The number of likely N-dealkylation sites (tertiary alicyclic amines) is 1. The molecule has 5 heteroatoms. The van der Waals surface area contributed by atoms with Crippen molar-refractivity contribution >= 4 is 0 Å². The van der Waals surface area contributed by atoms with Gasteiger partial charge in [0.2, 0.25) is 0 Å². The molecule has 0 bridgehead atoms. The molecule has 0 spiro atoms. The molecule has 0 saturated carbocycles. The van der Waals surface area contributed by atoms with E-state index in [2.05, 4.69) is 21.6 Å². The van der Waals surface area contributed by atoms with Crippen LogP contribution in [0.25, 0.3) is 0 Å². The fourth-order valence-electron chi connectivity index (χ4n) is 3.30. The molecule has 2 rings (SSSR count). The minimum atomic E-state index is 0.819. The van der Waals surface area contributed by atoms with Gasteiger partial charge in [-0.15, -0.1) is 0 Å². The summed E-state index contributed by atoms with van der Waals surface area (Å²) in [4.78, 5) is 7.57. The maximum Gasteiger partial charge on any atom is 0.0110 e. The summed E-state index contributed by atoms with van der Waals surface area (Å²) in [7, 11) is 0. The molecule has 138 valence electrons. The van der Waals surface area contributed by atoms with Gasteiger partial charge in [-0.05, 0) is 58.4 Å². The van der Waals surface area contributed by atoms with Crippen LogP contribution in [-0.2, 0) is 0 Å². The first-order chi connectivity index (χ1) is 11.3. The van der Waals surface area contributed by atoms with Gasteiger partial charge in [0.1, 0.15) is 0 Å². The lowest BCUT2D eigenvalue weighted by Gasteiger charge is -2.34. The third kappa shape index (κ3) is 10.3. The Balaban J connectivity index is 0.000000253. The topological polar surface area (TPSA) is 61.8 Å². The molecule has 2 heterocycles. The Hall–Kier alpha value is -0.200. The third-order valence-corrected chi connectivity index (χ3v) is 4.87. The van der Waals surface area contributed by atoms with E-state index in [1.165, 1.54) is 84.5 Å². The molecular formula is C18H41N5. The molecule has 2 aliphatic heterocycles. The predicted molar refractivity (Wildman–Crippen MR) is 101 cm³/mol. The highest BCUT2D eigenvalue weighted by atomic mass is 15.3. The first kappa shape index (κ1) is 20.8. The molecule has 2 fully saturated rings. The molecule has 0 radical (unpaired) electrons. The van der Waals surface area contributed by atoms with Gasteiger partial charge in [0.25, 0.3) is 0 Å². The van der Waals surface area contributed by atoms with Crippen molar-refractivity contribution in [3.63, 3.8) is 0 Å². The van der Waals surface area contributed by atoms with Gasteiger partial charge in [-0.1, -0.05) is 19.8 Å². The Labute approximate surface area is 144 Å². The van der Waals surface area contributed by atoms with Crippen molar-refractivity contribution in [3.8, 4) is 0 Å². The van der Waals surface area contributed by atoms with E-state index in [-0.39, 0.29) is 0 Å². The summed E-state index contributed by atoms with van der Waals surface area (Å²) in [5.74, 6) is 0. The number of piperazine rings is 1. The molecule has 0 amide bonds. The summed E-state index contributed by atoms with van der Waals surface area (Å²) in [5.41, 5.74) is 10.9. The second-order valence-corrected chi connectivity index (χ2v) is 6.87. The summed E-state index contributed by atoms with van der Waals surface area (Å²) < 4.78 is 0. The van der Waals surface area contributed by atoms with Crippen molar-refractivity contribution in [2.75, 3.05) is 72.0 Å². The van der Waals surface area contributed by atoms with Gasteiger partial charge in [0, 0.05) is 39.3 Å². The summed E-state index contributed by atoms with van der Waals surface area (Å²) in [5, 5.41) is 0. The first-order valence-electron chi connectivity index (χ1n) is 9.87. The van der Waals surface area contributed by atoms with Gasteiger partial charge in [-0.2, -0.15) is 0 Å². The standard InChI is InChI=1S/C11H25N3.C7H16N2/c1-2-3-6-13-8-10-14(11-9-13)7-4-5-12;8-4-7-9-5-2-1-3-6-9/h2-12H2,1H3;1-8H2. The van der Waals surface area contributed by atoms with Crippen molar-refractivity contribution in [2.45, 2.75) is 45.4 Å². The molecule has 0 atom stereocenters. The van der Waals surface area contributed by atoms with E-state index < -0.39 is 0 Å². The second kappa shape index (κ2) is 14.2. The number of nitrogens with two attached hydrogens (primary N) is 2. The van der Waals surface area contributed by atoms with E-state index in [0.29, 0.717) is 0 Å². The lowest BCUT2D eigenvalue weighted by molar-refractivity contribution is 0.131. The van der Waals surface area contributed by atoms with E-state index in [9.17, 15) is 0 Å². The number of rotatable bonds is 8. The molecule has 2 aliphatic rings. The van der Waals surface area contributed by atoms with Crippen LogP contribution in [0.1, 0.15) is 45.4 Å². The van der Waals surface area contributed by atoms with Crippen LogP contribution >= 0.6 is 0 Å². The zero-order chi connectivity index (χ0) is 16.8. The fraction of sp³-hybridized carbons (Fsp3) is 1.00. The van der Waals surface area contributed by atoms with Crippen LogP contribution < -0.4 is 11.5 Å². The Kier molecular flexibility index (Phi) is 12.8. The highest BCUT2D eigenvalue weighted by Crippen LogP contribution is 2.06. The number of hydrogen-bond donors (Lipinski definition) is 2. The number of piperidine rings is 1. The van der Waals surface area contributed by atoms with E-state index in [1.54, 1.807) is 0 Å². The fourth-order valence-corrected chi connectivity index (χ4v) is 3.30. The zero-order valence-electron chi connectivity index (χ0n) is 15.5. The van der Waals surface area contributed by atoms with Crippen LogP contribution in [-0.4, -0.2) is 86.7 Å². The maximum atomic E-state index is 5.50. The molecule has 0 aromatic rings. The van der Waals surface area contributed by atoms with Crippen molar-refractivity contribution < 1.29 is 0 Å². The summed E-state index contributed by atoms with van der Waals surface area (Å²) >= 11 is 0. The summed E-state index contributed by atoms with van der Waals surface area (Å²) in [6, 6.07) is 0. The van der Waals surface area contributed by atoms with Crippen LogP contribution in [0.5, 0.6) is 0 Å². The Morgan fingerprint density at radius 2 is 1.13 bits per heavy atom. The van der Waals surface area contributed by atoms with Crippen LogP contribution in [0.15, 0.2) is 0 Å². The van der Waals surface area contributed by atoms with Crippen LogP contribution in [0, 0.1) is 0 Å². The second-order valence-electron chi connectivity index (χ2n) is 6.87. The summed E-state index contributed by atoms with van der Waals surface area (Å²) in [6.07, 6.45) is 7.98. The Morgan fingerprint density at radius 1 is 0.609 bits per heavy atom. The molecule has 5 nitrogen and oxygen atoms in total. The predicted octanol–water partition coefficient (Wildman–Crippen LogP) is 1.18. The van der Waals surface area contributed by atoms with Crippen molar-refractivity contribution in [3.05, 3.63) is 0 Å². The quantitative estimate of drug-likeness (QED) is 0.701. The zero-order valence-corrected chi connectivity index (χ0v) is 15.5. The number of hydrogen-bond acceptors (Lipinski definition) is 5. The van der Waals surface area contributed by atoms with Gasteiger partial charge >= 0.3 is 0 Å². The average molecular weight is 328 g/mol. The SMILES string of the molecule is CCCCN1CCN(CCCN)CC1.NCCN1CCCCC1. The van der Waals surface area contributed by atoms with Gasteiger partial charge in [-0.25, -0.2) is 0 Å². The Morgan fingerprint density at radius 3 is 1.61 bits per heavy atom. The molecule has 4 N–H and O–H groups in total. The van der Waals surface area contributed by atoms with Crippen molar-refractivity contribution in [2.24, 2.45) is 11.5 Å². The molecule has 0 unspecified atom stereocenters. The van der Waals surface area contributed by atoms with E-state index in [0.717, 1.165) is 26.1 Å². The van der Waals surface area contributed by atoms with Gasteiger partial charge in [-0.3, -0.25) is 0 Å². The van der Waals surface area contributed by atoms with Gasteiger partial charge < -0.3 is 26.2 Å². The molecule has 0 aromatic heterocycles. The number of unbranched alkanes of at least 4 members (excludes halogenated alkanes) is 1. The average Bonchev–Trinajstić information content (AvgIpc) is 2.61. The van der Waals surface area contributed by atoms with E-state index in [4.69, 9.17) is 11.5 Å². The summed E-state index contributed by atoms with van der Waals surface area (Å²) in [6.45, 7) is 15.0. The lowest BCUT2D eigenvalue weighted by Crippen LogP contribution is -2.46. The maximum absolute atomic E-state index is 5.50. The lowest BCUT2D eigenvalue weighted by atomic mass is 10.1.